The Kier molecular flexibility index (Phi) is 4.24. The van der Waals surface area contributed by atoms with Crippen LogP contribution >= 0.6 is 11.6 Å². The molecule has 1 saturated heterocycles. The van der Waals surface area contributed by atoms with Crippen LogP contribution in [0.1, 0.15) is 24.8 Å². The summed E-state index contributed by atoms with van der Waals surface area (Å²) >= 11 is 5.96. The van der Waals surface area contributed by atoms with Crippen LogP contribution in [0.15, 0.2) is 48.5 Å². The zero-order valence-electron chi connectivity index (χ0n) is 14.0. The molecule has 0 bridgehead atoms. The first-order valence-corrected chi connectivity index (χ1v) is 8.99. The van der Waals surface area contributed by atoms with Crippen molar-refractivity contribution in [1.29, 1.82) is 0 Å². The van der Waals surface area contributed by atoms with Crippen LogP contribution in [0.5, 0.6) is 0 Å². The number of hydrogen-bond acceptors (Lipinski definition) is 1. The summed E-state index contributed by atoms with van der Waals surface area (Å²) in [7, 11) is 0. The number of hydrogen-bond donors (Lipinski definition) is 2. The molecule has 2 aromatic carbocycles. The SMILES string of the molecule is FC(F)(F)C1(c2c(-c3ccc(Cl)cc3)[nH]c3ccccc23)CCCCN1. The predicted octanol–water partition coefficient (Wildman–Crippen LogP) is 6.02. The second kappa shape index (κ2) is 6.32. The van der Waals surface area contributed by atoms with Gasteiger partial charge in [-0.25, -0.2) is 0 Å². The predicted molar refractivity (Wildman–Crippen MR) is 98.3 cm³/mol. The number of piperidine rings is 1. The molecule has 1 atom stereocenters. The number of halogens is 4. The molecule has 26 heavy (non-hydrogen) atoms. The Morgan fingerprint density at radius 3 is 2.35 bits per heavy atom. The molecule has 2 N–H and O–H groups in total. The summed E-state index contributed by atoms with van der Waals surface area (Å²) in [5, 5.41) is 3.97. The van der Waals surface area contributed by atoms with Crippen LogP contribution in [0, 0.1) is 0 Å². The topological polar surface area (TPSA) is 27.8 Å². The molecule has 0 spiro atoms. The Bertz CT molecular complexity index is 922. The van der Waals surface area contributed by atoms with Gasteiger partial charge in [-0.2, -0.15) is 13.2 Å². The fourth-order valence-electron chi connectivity index (χ4n) is 3.92. The third-order valence-corrected chi connectivity index (χ3v) is 5.41. The van der Waals surface area contributed by atoms with Crippen molar-refractivity contribution in [3.63, 3.8) is 0 Å². The molecular weight excluding hydrogens is 361 g/mol. The third kappa shape index (κ3) is 2.70. The molecular formula is C20H18ClF3N2. The smallest absolute Gasteiger partial charge is 0.354 e. The van der Waals surface area contributed by atoms with E-state index in [1.54, 1.807) is 36.4 Å². The molecule has 3 aromatic rings. The van der Waals surface area contributed by atoms with Gasteiger partial charge in [-0.05, 0) is 49.6 Å². The molecule has 1 aromatic heterocycles. The summed E-state index contributed by atoms with van der Waals surface area (Å²) in [6, 6.07) is 14.1. The lowest BCUT2D eigenvalue weighted by Crippen LogP contribution is -2.56. The Hall–Kier alpha value is -1.98. The lowest BCUT2D eigenvalue weighted by Gasteiger charge is -2.40. The van der Waals surface area contributed by atoms with Crippen molar-refractivity contribution in [3.05, 3.63) is 59.1 Å². The highest BCUT2D eigenvalue weighted by Crippen LogP contribution is 2.50. The number of fused-ring (bicyclic) bond motifs is 1. The highest BCUT2D eigenvalue weighted by molar-refractivity contribution is 6.30. The normalized spacial score (nSPS) is 21.2. The van der Waals surface area contributed by atoms with Crippen molar-refractivity contribution in [1.82, 2.24) is 10.3 Å². The van der Waals surface area contributed by atoms with Crippen LogP contribution < -0.4 is 5.32 Å². The summed E-state index contributed by atoms with van der Waals surface area (Å²) in [5.41, 5.74) is 0.108. The van der Waals surface area contributed by atoms with Gasteiger partial charge in [0.05, 0.1) is 5.69 Å². The number of aromatic amines is 1. The van der Waals surface area contributed by atoms with Crippen LogP contribution in [0.25, 0.3) is 22.2 Å². The number of alkyl halides is 3. The number of nitrogens with one attached hydrogen (secondary N) is 2. The van der Waals surface area contributed by atoms with E-state index in [0.29, 0.717) is 40.1 Å². The van der Waals surface area contributed by atoms with Crippen LogP contribution in [-0.2, 0) is 5.54 Å². The summed E-state index contributed by atoms with van der Waals surface area (Å²) in [4.78, 5) is 3.21. The molecule has 1 aliphatic rings. The molecule has 6 heteroatoms. The molecule has 4 rings (SSSR count). The summed E-state index contributed by atoms with van der Waals surface area (Å²) in [6.07, 6.45) is -3.10. The van der Waals surface area contributed by atoms with E-state index in [1.165, 1.54) is 0 Å². The van der Waals surface area contributed by atoms with Gasteiger partial charge >= 0.3 is 6.18 Å². The van der Waals surface area contributed by atoms with E-state index in [2.05, 4.69) is 10.3 Å². The molecule has 0 radical (unpaired) electrons. The number of H-pyrrole nitrogens is 1. The van der Waals surface area contributed by atoms with Gasteiger partial charge in [0, 0.05) is 21.5 Å². The summed E-state index contributed by atoms with van der Waals surface area (Å²) < 4.78 is 43.0. The van der Waals surface area contributed by atoms with Gasteiger partial charge in [-0.15, -0.1) is 0 Å². The van der Waals surface area contributed by atoms with E-state index in [1.807, 2.05) is 12.1 Å². The molecule has 2 heterocycles. The van der Waals surface area contributed by atoms with Crippen LogP contribution in [0.2, 0.25) is 5.02 Å². The highest BCUT2D eigenvalue weighted by atomic mass is 35.5. The maximum atomic E-state index is 14.3. The van der Waals surface area contributed by atoms with Gasteiger partial charge in [0.15, 0.2) is 0 Å². The Balaban J connectivity index is 2.03. The minimum atomic E-state index is -4.40. The van der Waals surface area contributed by atoms with Crippen molar-refractivity contribution in [2.75, 3.05) is 6.54 Å². The van der Waals surface area contributed by atoms with E-state index < -0.39 is 11.7 Å². The van der Waals surface area contributed by atoms with Crippen LogP contribution in [0.3, 0.4) is 0 Å². The highest BCUT2D eigenvalue weighted by Gasteiger charge is 2.58. The number of para-hydroxylation sites is 1. The number of benzene rings is 2. The van der Waals surface area contributed by atoms with Gasteiger partial charge in [0.1, 0.15) is 5.54 Å². The molecule has 0 amide bonds. The van der Waals surface area contributed by atoms with E-state index in [9.17, 15) is 13.2 Å². The monoisotopic (exact) mass is 378 g/mol. The summed E-state index contributed by atoms with van der Waals surface area (Å²) in [6.45, 7) is 0.346. The van der Waals surface area contributed by atoms with Gasteiger partial charge in [0.25, 0.3) is 0 Å². The quantitative estimate of drug-likeness (QED) is 0.560. The molecule has 1 unspecified atom stereocenters. The van der Waals surface area contributed by atoms with Crippen LogP contribution in [0.4, 0.5) is 13.2 Å². The van der Waals surface area contributed by atoms with E-state index in [0.717, 1.165) is 6.42 Å². The lowest BCUT2D eigenvalue weighted by molar-refractivity contribution is -0.206. The van der Waals surface area contributed by atoms with E-state index >= 15 is 0 Å². The first-order valence-electron chi connectivity index (χ1n) is 8.61. The van der Waals surface area contributed by atoms with Crippen LogP contribution in [-0.4, -0.2) is 17.7 Å². The second-order valence-corrected chi connectivity index (χ2v) is 7.15. The minimum Gasteiger partial charge on any atom is -0.354 e. The van der Waals surface area contributed by atoms with Gasteiger partial charge in [-0.1, -0.05) is 41.9 Å². The molecule has 0 aliphatic carbocycles. The number of rotatable bonds is 2. The fourth-order valence-corrected chi connectivity index (χ4v) is 4.05. The van der Waals surface area contributed by atoms with Crippen molar-refractivity contribution >= 4 is 22.5 Å². The van der Waals surface area contributed by atoms with E-state index in [-0.39, 0.29) is 12.0 Å². The molecule has 0 saturated carbocycles. The Labute approximate surface area is 154 Å². The Morgan fingerprint density at radius 1 is 0.962 bits per heavy atom. The lowest BCUT2D eigenvalue weighted by atomic mass is 9.79. The van der Waals surface area contributed by atoms with Gasteiger partial charge in [-0.3, -0.25) is 5.32 Å². The zero-order valence-corrected chi connectivity index (χ0v) is 14.7. The molecule has 136 valence electrons. The largest absolute Gasteiger partial charge is 0.410 e. The number of aromatic nitrogens is 1. The molecule has 1 fully saturated rings. The fraction of sp³-hybridized carbons (Fsp3) is 0.300. The van der Waals surface area contributed by atoms with Crippen molar-refractivity contribution in [3.8, 4) is 11.3 Å². The molecule has 1 aliphatic heterocycles. The third-order valence-electron chi connectivity index (χ3n) is 5.15. The van der Waals surface area contributed by atoms with E-state index in [4.69, 9.17) is 11.6 Å². The first kappa shape index (κ1) is 17.4. The minimum absolute atomic E-state index is 0.0267. The van der Waals surface area contributed by atoms with Crippen molar-refractivity contribution < 1.29 is 13.2 Å². The van der Waals surface area contributed by atoms with Crippen molar-refractivity contribution in [2.24, 2.45) is 0 Å². The average molecular weight is 379 g/mol. The van der Waals surface area contributed by atoms with Gasteiger partial charge < -0.3 is 4.98 Å². The van der Waals surface area contributed by atoms with Crippen molar-refractivity contribution in [2.45, 2.75) is 31.0 Å². The second-order valence-electron chi connectivity index (χ2n) is 6.71. The first-order chi connectivity index (χ1) is 12.4. The Morgan fingerprint density at radius 2 is 1.69 bits per heavy atom. The molecule has 2 nitrogen and oxygen atoms in total. The maximum Gasteiger partial charge on any atom is 0.410 e. The average Bonchev–Trinajstić information content (AvgIpc) is 3.02. The standard InChI is InChI=1S/C20H18ClF3N2/c21-14-9-7-13(8-10-14)18-17(15-5-1-2-6-16(15)26-18)19(20(22,23)24)11-3-4-12-25-19/h1-2,5-10,25-26H,3-4,11-12H2. The maximum absolute atomic E-state index is 14.3. The van der Waals surface area contributed by atoms with Gasteiger partial charge in [0.2, 0.25) is 0 Å². The summed E-state index contributed by atoms with van der Waals surface area (Å²) in [5.74, 6) is 0. The zero-order chi connectivity index (χ0) is 18.4.